The minimum Gasteiger partial charge on any atom is -0.338 e. The first kappa shape index (κ1) is 50.0. The van der Waals surface area contributed by atoms with Crippen LogP contribution < -0.4 is 21.3 Å². The number of anilines is 2. The SMILES string of the molecule is CCCCCCCN(CCCCCC)CCCCNC(=O)Nc1cccc(Cc2cccc(NC(=O)NCCCCN(CCCCCC)CCCCCCC)c2)c1. The molecule has 0 radical (unpaired) electrons. The predicted octanol–water partition coefficient (Wildman–Crippen LogP) is 12.8. The Kier molecular flexibility index (Phi) is 30.6. The highest BCUT2D eigenvalue weighted by atomic mass is 16.2. The monoisotopic (exact) mass is 791 g/mol. The van der Waals surface area contributed by atoms with E-state index in [2.05, 4.69) is 70.9 Å². The number of benzene rings is 2. The minimum atomic E-state index is -0.158. The first-order valence-corrected chi connectivity index (χ1v) is 23.7. The summed E-state index contributed by atoms with van der Waals surface area (Å²) in [5.74, 6) is 0. The Morgan fingerprint density at radius 2 is 0.737 bits per heavy atom. The summed E-state index contributed by atoms with van der Waals surface area (Å²) in [5.41, 5.74) is 3.77. The molecule has 0 fully saturated rings. The summed E-state index contributed by atoms with van der Waals surface area (Å²) in [4.78, 5) is 30.8. The highest BCUT2D eigenvalue weighted by Crippen LogP contribution is 2.18. The molecule has 0 saturated heterocycles. The third-order valence-corrected chi connectivity index (χ3v) is 11.0. The van der Waals surface area contributed by atoms with Crippen LogP contribution in [-0.4, -0.2) is 74.2 Å². The van der Waals surface area contributed by atoms with Crippen LogP contribution in [0.15, 0.2) is 48.5 Å². The van der Waals surface area contributed by atoms with Crippen LogP contribution in [0.2, 0.25) is 0 Å². The number of amides is 4. The zero-order valence-electron chi connectivity index (χ0n) is 37.3. The van der Waals surface area contributed by atoms with Crippen LogP contribution in [0.4, 0.5) is 21.0 Å². The van der Waals surface area contributed by atoms with Crippen LogP contribution >= 0.6 is 0 Å². The van der Waals surface area contributed by atoms with E-state index in [4.69, 9.17) is 0 Å². The summed E-state index contributed by atoms with van der Waals surface area (Å²) >= 11 is 0. The molecule has 0 aliphatic heterocycles. The molecule has 0 atom stereocenters. The lowest BCUT2D eigenvalue weighted by Crippen LogP contribution is -2.31. The Labute approximate surface area is 350 Å². The minimum absolute atomic E-state index is 0.158. The molecule has 0 bridgehead atoms. The molecule has 2 rings (SSSR count). The maximum Gasteiger partial charge on any atom is 0.319 e. The van der Waals surface area contributed by atoms with Crippen LogP contribution in [0.25, 0.3) is 0 Å². The number of urea groups is 2. The Morgan fingerprint density at radius 1 is 0.421 bits per heavy atom. The summed E-state index contributed by atoms with van der Waals surface area (Å²) in [6.45, 7) is 17.5. The second-order valence-electron chi connectivity index (χ2n) is 16.4. The van der Waals surface area contributed by atoms with Crippen molar-refractivity contribution in [3.05, 3.63) is 59.7 Å². The van der Waals surface area contributed by atoms with Crippen molar-refractivity contribution in [2.24, 2.45) is 0 Å². The lowest BCUT2D eigenvalue weighted by atomic mass is 10.0. The molecule has 0 heterocycles. The van der Waals surface area contributed by atoms with E-state index >= 15 is 0 Å². The molecule has 0 aromatic heterocycles. The van der Waals surface area contributed by atoms with Crippen molar-refractivity contribution in [2.75, 3.05) is 63.0 Å². The van der Waals surface area contributed by atoms with Gasteiger partial charge in [0, 0.05) is 24.5 Å². The van der Waals surface area contributed by atoms with Gasteiger partial charge >= 0.3 is 12.1 Å². The lowest BCUT2D eigenvalue weighted by Gasteiger charge is -2.22. The molecule has 0 unspecified atom stereocenters. The van der Waals surface area contributed by atoms with Crippen molar-refractivity contribution < 1.29 is 9.59 Å². The number of hydrogen-bond donors (Lipinski definition) is 4. The number of carbonyl (C=O) groups is 2. The first-order valence-electron chi connectivity index (χ1n) is 23.7. The van der Waals surface area contributed by atoms with Gasteiger partial charge in [0.1, 0.15) is 0 Å². The second kappa shape index (κ2) is 34.9. The molecule has 0 spiro atoms. The van der Waals surface area contributed by atoms with Crippen molar-refractivity contribution in [1.82, 2.24) is 20.4 Å². The van der Waals surface area contributed by atoms with Gasteiger partial charge in [0.15, 0.2) is 0 Å². The first-order chi connectivity index (χ1) is 28.0. The lowest BCUT2D eigenvalue weighted by molar-refractivity contribution is 0.247. The summed E-state index contributed by atoms with van der Waals surface area (Å²) in [6, 6.07) is 15.7. The standard InChI is InChI=1S/C49H86N6O2/c1-5-9-13-17-23-37-54(35-21-15-11-7-3)39-25-19-33-50-48(56)52-46-31-27-29-44(42-46)41-45-30-28-32-47(43-45)53-49(57)51-34-20-26-40-55(36-22-16-12-8-4)38-24-18-14-10-6-2/h27-32,42-43H,5-26,33-41H2,1-4H3,(H2,50,52,56)(H2,51,53,57). The number of rotatable bonds is 36. The molecule has 2 aromatic carbocycles. The van der Waals surface area contributed by atoms with Gasteiger partial charge in [-0.2, -0.15) is 0 Å². The predicted molar refractivity (Wildman–Crippen MR) is 247 cm³/mol. The van der Waals surface area contributed by atoms with Gasteiger partial charge in [0.05, 0.1) is 0 Å². The third kappa shape index (κ3) is 27.3. The highest BCUT2D eigenvalue weighted by Gasteiger charge is 2.09. The van der Waals surface area contributed by atoms with E-state index in [-0.39, 0.29) is 12.1 Å². The van der Waals surface area contributed by atoms with Crippen LogP contribution in [0.5, 0.6) is 0 Å². The van der Waals surface area contributed by atoms with E-state index in [1.165, 1.54) is 142 Å². The Morgan fingerprint density at radius 3 is 1.09 bits per heavy atom. The maximum atomic E-state index is 12.7. The van der Waals surface area contributed by atoms with Crippen molar-refractivity contribution in [3.63, 3.8) is 0 Å². The average Bonchev–Trinajstić information content (AvgIpc) is 3.20. The smallest absolute Gasteiger partial charge is 0.319 e. The summed E-state index contributed by atoms with van der Waals surface area (Å²) in [7, 11) is 0. The van der Waals surface area contributed by atoms with E-state index < -0.39 is 0 Å². The van der Waals surface area contributed by atoms with E-state index in [1.807, 2.05) is 36.4 Å². The fourth-order valence-electron chi connectivity index (χ4n) is 7.50. The van der Waals surface area contributed by atoms with Crippen LogP contribution in [-0.2, 0) is 6.42 Å². The van der Waals surface area contributed by atoms with Crippen LogP contribution in [0.3, 0.4) is 0 Å². The van der Waals surface area contributed by atoms with Crippen molar-refractivity contribution >= 4 is 23.4 Å². The van der Waals surface area contributed by atoms with Gasteiger partial charge < -0.3 is 31.1 Å². The van der Waals surface area contributed by atoms with E-state index in [0.29, 0.717) is 19.5 Å². The molecular formula is C49H86N6O2. The van der Waals surface area contributed by atoms with Gasteiger partial charge in [0.25, 0.3) is 0 Å². The Bertz CT molecular complexity index is 1180. The van der Waals surface area contributed by atoms with Crippen molar-refractivity contribution in [3.8, 4) is 0 Å². The van der Waals surface area contributed by atoms with Gasteiger partial charge in [-0.1, -0.05) is 142 Å². The molecule has 57 heavy (non-hydrogen) atoms. The summed E-state index contributed by atoms with van der Waals surface area (Å²) in [5, 5.41) is 12.2. The van der Waals surface area contributed by atoms with Crippen molar-refractivity contribution in [2.45, 2.75) is 175 Å². The number of unbranched alkanes of at least 4 members (excludes halogenated alkanes) is 16. The summed E-state index contributed by atoms with van der Waals surface area (Å²) < 4.78 is 0. The molecule has 8 heteroatoms. The molecule has 8 nitrogen and oxygen atoms in total. The number of carbonyl (C=O) groups excluding carboxylic acids is 2. The fourth-order valence-corrected chi connectivity index (χ4v) is 7.50. The quantitative estimate of drug-likeness (QED) is 0.0518. The zero-order valence-corrected chi connectivity index (χ0v) is 37.3. The molecule has 0 saturated carbocycles. The van der Waals surface area contributed by atoms with E-state index in [0.717, 1.165) is 61.3 Å². The van der Waals surface area contributed by atoms with Gasteiger partial charge in [-0.05, 0) is 132 Å². The average molecular weight is 791 g/mol. The van der Waals surface area contributed by atoms with Gasteiger partial charge in [-0.15, -0.1) is 0 Å². The highest BCUT2D eigenvalue weighted by molar-refractivity contribution is 5.90. The van der Waals surface area contributed by atoms with Crippen LogP contribution in [0, 0.1) is 0 Å². The molecular weight excluding hydrogens is 705 g/mol. The maximum absolute atomic E-state index is 12.7. The Hall–Kier alpha value is -3.10. The second-order valence-corrected chi connectivity index (χ2v) is 16.4. The molecule has 324 valence electrons. The molecule has 4 N–H and O–H groups in total. The normalized spacial score (nSPS) is 11.3. The molecule has 4 amide bonds. The molecule has 2 aromatic rings. The fraction of sp³-hybridized carbons (Fsp3) is 0.714. The third-order valence-electron chi connectivity index (χ3n) is 11.0. The zero-order chi connectivity index (χ0) is 41.0. The van der Waals surface area contributed by atoms with E-state index in [1.54, 1.807) is 0 Å². The van der Waals surface area contributed by atoms with Crippen molar-refractivity contribution in [1.29, 1.82) is 0 Å². The van der Waals surface area contributed by atoms with Gasteiger partial charge in [-0.3, -0.25) is 0 Å². The largest absolute Gasteiger partial charge is 0.338 e. The molecule has 0 aliphatic rings. The van der Waals surface area contributed by atoms with Gasteiger partial charge in [-0.25, -0.2) is 9.59 Å². The number of hydrogen-bond acceptors (Lipinski definition) is 4. The van der Waals surface area contributed by atoms with Crippen LogP contribution in [0.1, 0.15) is 180 Å². The summed E-state index contributed by atoms with van der Waals surface area (Å²) in [6.07, 6.45) is 28.6. The number of nitrogens with one attached hydrogen (secondary N) is 4. The topological polar surface area (TPSA) is 88.7 Å². The number of nitrogens with zero attached hydrogens (tertiary/aromatic N) is 2. The Balaban J connectivity index is 1.71. The van der Waals surface area contributed by atoms with Gasteiger partial charge in [0.2, 0.25) is 0 Å². The van der Waals surface area contributed by atoms with E-state index in [9.17, 15) is 9.59 Å². The molecule has 0 aliphatic carbocycles.